The highest BCUT2D eigenvalue weighted by Crippen LogP contribution is 2.31. The molecule has 0 aliphatic heterocycles. The minimum absolute atomic E-state index is 0.0753. The summed E-state index contributed by atoms with van der Waals surface area (Å²) in [6.45, 7) is 2.18. The van der Waals surface area contributed by atoms with Crippen molar-refractivity contribution in [2.75, 3.05) is 13.2 Å². The van der Waals surface area contributed by atoms with Gasteiger partial charge in [0.05, 0.1) is 18.2 Å². The summed E-state index contributed by atoms with van der Waals surface area (Å²) in [5, 5.41) is 2.57. The van der Waals surface area contributed by atoms with E-state index in [2.05, 4.69) is 5.32 Å². The highest BCUT2D eigenvalue weighted by molar-refractivity contribution is 5.81. The van der Waals surface area contributed by atoms with Crippen LogP contribution in [-0.4, -0.2) is 25.1 Å². The van der Waals surface area contributed by atoms with Gasteiger partial charge in [-0.05, 0) is 24.6 Å². The van der Waals surface area contributed by atoms with E-state index in [9.17, 15) is 18.0 Å². The van der Waals surface area contributed by atoms with E-state index in [1.165, 1.54) is 12.1 Å². The lowest BCUT2D eigenvalue weighted by molar-refractivity contribution is -0.137. The third kappa shape index (κ3) is 6.03. The predicted molar refractivity (Wildman–Crippen MR) is 72.8 cm³/mol. The van der Waals surface area contributed by atoms with Gasteiger partial charge in [-0.2, -0.15) is 13.2 Å². The smallest absolute Gasteiger partial charge is 0.416 e. The lowest BCUT2D eigenvalue weighted by atomic mass is 10.2. The molecule has 3 N–H and O–H groups in total. The van der Waals surface area contributed by atoms with Crippen LogP contribution in [0, 0.1) is 0 Å². The number of amides is 1. The van der Waals surface area contributed by atoms with Crippen LogP contribution >= 0.6 is 0 Å². The maximum Gasteiger partial charge on any atom is 0.416 e. The molecule has 0 aliphatic rings. The van der Waals surface area contributed by atoms with E-state index in [4.69, 9.17) is 10.5 Å². The summed E-state index contributed by atoms with van der Waals surface area (Å²) < 4.78 is 42.7. The Kier molecular flexibility index (Phi) is 6.48. The average molecular weight is 304 g/mol. The number of halogens is 3. The van der Waals surface area contributed by atoms with E-state index in [-0.39, 0.29) is 24.8 Å². The molecular formula is C14H19F3N2O2. The number of hydrogen-bond donors (Lipinski definition) is 2. The minimum atomic E-state index is -4.40. The van der Waals surface area contributed by atoms with Crippen molar-refractivity contribution in [3.8, 4) is 5.75 Å². The Morgan fingerprint density at radius 1 is 1.43 bits per heavy atom. The number of carbonyl (C=O) groups is 1. The molecule has 0 fully saturated rings. The summed E-state index contributed by atoms with van der Waals surface area (Å²) in [7, 11) is 0. The molecule has 0 heterocycles. The number of ether oxygens (including phenoxy) is 1. The zero-order chi connectivity index (χ0) is 15.9. The maximum atomic E-state index is 12.5. The first-order valence-corrected chi connectivity index (χ1v) is 6.68. The van der Waals surface area contributed by atoms with Gasteiger partial charge in [0.1, 0.15) is 12.4 Å². The first kappa shape index (κ1) is 17.3. The molecule has 0 saturated heterocycles. The normalized spacial score (nSPS) is 12.8. The van der Waals surface area contributed by atoms with Crippen LogP contribution in [-0.2, 0) is 11.0 Å². The van der Waals surface area contributed by atoms with Crippen molar-refractivity contribution in [1.29, 1.82) is 0 Å². The molecule has 0 aliphatic carbocycles. The molecular weight excluding hydrogens is 285 g/mol. The molecule has 118 valence electrons. The van der Waals surface area contributed by atoms with Crippen LogP contribution in [0.3, 0.4) is 0 Å². The van der Waals surface area contributed by atoms with Crippen LogP contribution in [0.15, 0.2) is 24.3 Å². The van der Waals surface area contributed by atoms with Gasteiger partial charge in [-0.15, -0.1) is 0 Å². The Morgan fingerprint density at radius 3 is 2.76 bits per heavy atom. The molecule has 0 spiro atoms. The Morgan fingerprint density at radius 2 is 2.14 bits per heavy atom. The Labute approximate surface area is 121 Å². The molecule has 0 radical (unpaired) electrons. The summed E-state index contributed by atoms with van der Waals surface area (Å²) in [5.41, 5.74) is 4.84. The molecule has 0 bridgehead atoms. The van der Waals surface area contributed by atoms with Crippen molar-refractivity contribution in [2.24, 2.45) is 5.73 Å². The van der Waals surface area contributed by atoms with E-state index in [0.717, 1.165) is 18.6 Å². The van der Waals surface area contributed by atoms with Gasteiger partial charge in [-0.25, -0.2) is 0 Å². The molecule has 1 atom stereocenters. The molecule has 1 unspecified atom stereocenters. The first-order chi connectivity index (χ1) is 9.84. The van der Waals surface area contributed by atoms with Crippen molar-refractivity contribution in [1.82, 2.24) is 5.32 Å². The van der Waals surface area contributed by atoms with Crippen LogP contribution in [0.5, 0.6) is 5.75 Å². The van der Waals surface area contributed by atoms with Crippen LogP contribution in [0.1, 0.15) is 25.3 Å². The number of benzene rings is 1. The molecule has 7 heteroatoms. The van der Waals surface area contributed by atoms with Crippen LogP contribution in [0.25, 0.3) is 0 Å². The van der Waals surface area contributed by atoms with Gasteiger partial charge in [0.25, 0.3) is 0 Å². The minimum Gasteiger partial charge on any atom is -0.492 e. The largest absolute Gasteiger partial charge is 0.492 e. The Bertz CT molecular complexity index is 464. The van der Waals surface area contributed by atoms with Gasteiger partial charge in [-0.3, -0.25) is 4.79 Å². The molecule has 0 saturated carbocycles. The van der Waals surface area contributed by atoms with Gasteiger partial charge in [0, 0.05) is 0 Å². The standard InChI is InChI=1S/C14H19F3N2O2/c1-2-4-12(18)13(20)19-7-8-21-11-6-3-5-10(9-11)14(15,16)17/h3,5-6,9,12H,2,4,7-8,18H2,1H3,(H,19,20). The van der Waals surface area contributed by atoms with E-state index in [1.807, 2.05) is 6.92 Å². The molecule has 0 aromatic heterocycles. The summed E-state index contributed by atoms with van der Waals surface area (Å²) in [4.78, 5) is 11.5. The fourth-order valence-corrected chi connectivity index (χ4v) is 1.68. The molecule has 1 amide bonds. The zero-order valence-corrected chi connectivity index (χ0v) is 11.7. The SMILES string of the molecule is CCCC(N)C(=O)NCCOc1cccc(C(F)(F)F)c1. The summed E-state index contributed by atoms with van der Waals surface area (Å²) >= 11 is 0. The highest BCUT2D eigenvalue weighted by atomic mass is 19.4. The number of rotatable bonds is 7. The maximum absolute atomic E-state index is 12.5. The van der Waals surface area contributed by atoms with Gasteiger partial charge in [-0.1, -0.05) is 19.4 Å². The van der Waals surface area contributed by atoms with Crippen LogP contribution in [0.4, 0.5) is 13.2 Å². The predicted octanol–water partition coefficient (Wildman–Crippen LogP) is 2.33. The van der Waals surface area contributed by atoms with Gasteiger partial charge in [0.2, 0.25) is 5.91 Å². The number of nitrogens with two attached hydrogens (primary N) is 1. The van der Waals surface area contributed by atoms with E-state index >= 15 is 0 Å². The lowest BCUT2D eigenvalue weighted by Crippen LogP contribution is -2.41. The van der Waals surface area contributed by atoms with Gasteiger partial charge >= 0.3 is 6.18 Å². The fraction of sp³-hybridized carbons (Fsp3) is 0.500. The number of alkyl halides is 3. The second kappa shape index (κ2) is 7.87. The van der Waals surface area contributed by atoms with Crippen molar-refractivity contribution in [3.63, 3.8) is 0 Å². The topological polar surface area (TPSA) is 64.4 Å². The number of nitrogens with one attached hydrogen (secondary N) is 1. The monoisotopic (exact) mass is 304 g/mol. The highest BCUT2D eigenvalue weighted by Gasteiger charge is 2.30. The van der Waals surface area contributed by atoms with Crippen LogP contribution < -0.4 is 15.8 Å². The lowest BCUT2D eigenvalue weighted by Gasteiger charge is -2.12. The third-order valence-electron chi connectivity index (χ3n) is 2.77. The van der Waals surface area contributed by atoms with E-state index < -0.39 is 17.8 Å². The van der Waals surface area contributed by atoms with Crippen molar-refractivity contribution in [2.45, 2.75) is 32.0 Å². The van der Waals surface area contributed by atoms with Crippen molar-refractivity contribution >= 4 is 5.91 Å². The molecule has 1 rings (SSSR count). The van der Waals surface area contributed by atoms with Crippen molar-refractivity contribution < 1.29 is 22.7 Å². The summed E-state index contributed by atoms with van der Waals surface area (Å²) in [6, 6.07) is 4.03. The zero-order valence-electron chi connectivity index (χ0n) is 11.7. The van der Waals surface area contributed by atoms with Gasteiger partial charge < -0.3 is 15.8 Å². The second-order valence-electron chi connectivity index (χ2n) is 4.56. The van der Waals surface area contributed by atoms with E-state index in [1.54, 1.807) is 0 Å². The first-order valence-electron chi connectivity index (χ1n) is 6.68. The van der Waals surface area contributed by atoms with E-state index in [0.29, 0.717) is 6.42 Å². The summed E-state index contributed by atoms with van der Waals surface area (Å²) in [6.07, 6.45) is -3.02. The molecule has 1 aromatic carbocycles. The number of carbonyl (C=O) groups excluding carboxylic acids is 1. The van der Waals surface area contributed by atoms with Crippen LogP contribution in [0.2, 0.25) is 0 Å². The second-order valence-corrected chi connectivity index (χ2v) is 4.56. The average Bonchev–Trinajstić information content (AvgIpc) is 2.43. The van der Waals surface area contributed by atoms with Crippen molar-refractivity contribution in [3.05, 3.63) is 29.8 Å². The third-order valence-corrected chi connectivity index (χ3v) is 2.77. The number of hydrogen-bond acceptors (Lipinski definition) is 3. The quantitative estimate of drug-likeness (QED) is 0.760. The molecule has 21 heavy (non-hydrogen) atoms. The molecule has 1 aromatic rings. The summed E-state index contributed by atoms with van der Waals surface area (Å²) in [5.74, 6) is -0.179. The fourth-order valence-electron chi connectivity index (χ4n) is 1.68. The van der Waals surface area contributed by atoms with Gasteiger partial charge in [0.15, 0.2) is 0 Å². The Balaban J connectivity index is 2.38. The Hall–Kier alpha value is -1.76. The molecule has 4 nitrogen and oxygen atoms in total.